The van der Waals surface area contributed by atoms with Crippen molar-refractivity contribution >= 4 is 17.4 Å². The van der Waals surface area contributed by atoms with Crippen LogP contribution in [0.15, 0.2) is 4.99 Å². The Morgan fingerprint density at radius 2 is 1.89 bits per heavy atom. The fourth-order valence-electron chi connectivity index (χ4n) is 4.21. The van der Waals surface area contributed by atoms with Crippen LogP contribution in [0.1, 0.15) is 44.9 Å². The maximum absolute atomic E-state index is 13.3. The van der Waals surface area contributed by atoms with Gasteiger partial charge in [-0.3, -0.25) is 4.99 Å². The lowest BCUT2D eigenvalue weighted by Gasteiger charge is -2.43. The first-order valence-electron chi connectivity index (χ1n) is 7.36. The first-order chi connectivity index (χ1) is 9.01. The largest absolute Gasteiger partial charge is 0.385 e. The summed E-state index contributed by atoms with van der Waals surface area (Å²) >= 11 is 6.26. The maximum atomic E-state index is 13.3. The summed E-state index contributed by atoms with van der Waals surface area (Å²) in [6, 6.07) is 0.114. The van der Waals surface area contributed by atoms with E-state index in [-0.39, 0.29) is 23.3 Å². The highest BCUT2D eigenvalue weighted by Crippen LogP contribution is 2.48. The summed E-state index contributed by atoms with van der Waals surface area (Å²) in [5.74, 6) is 0.445. The van der Waals surface area contributed by atoms with Gasteiger partial charge in [-0.05, 0) is 50.9 Å². The third kappa shape index (κ3) is 2.17. The Kier molecular flexibility index (Phi) is 3.50. The van der Waals surface area contributed by atoms with Crippen LogP contribution < -0.4 is 5.73 Å². The molecule has 2 saturated carbocycles. The zero-order valence-corrected chi connectivity index (χ0v) is 11.8. The lowest BCUT2D eigenvalue weighted by Crippen LogP contribution is -2.55. The second-order valence-corrected chi connectivity index (χ2v) is 6.99. The van der Waals surface area contributed by atoms with Crippen LogP contribution in [0.3, 0.4) is 0 Å². The monoisotopic (exact) mass is 288 g/mol. The van der Waals surface area contributed by atoms with E-state index >= 15 is 0 Å². The van der Waals surface area contributed by atoms with Crippen molar-refractivity contribution in [3.8, 4) is 0 Å². The fraction of sp³-hybridized carbons (Fsp3) is 0.929. The highest BCUT2D eigenvalue weighted by atomic mass is 35.5. The zero-order valence-electron chi connectivity index (χ0n) is 11.1. The van der Waals surface area contributed by atoms with Gasteiger partial charge in [0, 0.05) is 11.3 Å². The maximum Gasteiger partial charge on any atom is 0.129 e. The number of nitrogens with two attached hydrogens (primary N) is 1. The number of rotatable bonds is 1. The molecule has 2 aliphatic carbocycles. The molecule has 0 saturated heterocycles. The molecule has 1 aliphatic heterocycles. The second-order valence-electron chi connectivity index (χ2n) is 6.37. The molecule has 0 spiro atoms. The molecule has 0 aromatic rings. The van der Waals surface area contributed by atoms with Crippen LogP contribution in [-0.2, 0) is 0 Å². The van der Waals surface area contributed by atoms with E-state index in [1.54, 1.807) is 0 Å². The SMILES string of the molecule is NC1=NC2CCC(Cl)CC2C1(O)C1CCC(F)CC1. The van der Waals surface area contributed by atoms with Gasteiger partial charge in [-0.1, -0.05) is 0 Å². The van der Waals surface area contributed by atoms with Crippen LogP contribution in [0.25, 0.3) is 0 Å². The van der Waals surface area contributed by atoms with Gasteiger partial charge in [0.15, 0.2) is 0 Å². The Hall–Kier alpha value is -0.350. The van der Waals surface area contributed by atoms with Crippen molar-refractivity contribution in [1.29, 1.82) is 0 Å². The van der Waals surface area contributed by atoms with E-state index in [2.05, 4.69) is 4.99 Å². The van der Waals surface area contributed by atoms with Crippen LogP contribution in [0, 0.1) is 11.8 Å². The van der Waals surface area contributed by atoms with Crippen molar-refractivity contribution in [2.75, 3.05) is 0 Å². The number of fused-ring (bicyclic) bond motifs is 1. The molecule has 4 atom stereocenters. The van der Waals surface area contributed by atoms with Gasteiger partial charge in [0.1, 0.15) is 17.6 Å². The van der Waals surface area contributed by atoms with Gasteiger partial charge in [0.2, 0.25) is 0 Å². The zero-order chi connectivity index (χ0) is 13.6. The molecule has 0 radical (unpaired) electrons. The third-order valence-corrected chi connectivity index (χ3v) is 5.71. The van der Waals surface area contributed by atoms with Crippen molar-refractivity contribution in [3.63, 3.8) is 0 Å². The van der Waals surface area contributed by atoms with Gasteiger partial charge in [-0.15, -0.1) is 11.6 Å². The number of alkyl halides is 2. The van der Waals surface area contributed by atoms with Crippen molar-refractivity contribution in [2.45, 2.75) is 68.1 Å². The van der Waals surface area contributed by atoms with E-state index in [9.17, 15) is 9.50 Å². The highest BCUT2D eigenvalue weighted by Gasteiger charge is 2.56. The number of hydrogen-bond acceptors (Lipinski definition) is 3. The van der Waals surface area contributed by atoms with E-state index in [0.717, 1.165) is 19.3 Å². The van der Waals surface area contributed by atoms with Crippen molar-refractivity contribution < 1.29 is 9.50 Å². The fourth-order valence-corrected chi connectivity index (χ4v) is 4.53. The molecule has 4 unspecified atom stereocenters. The lowest BCUT2D eigenvalue weighted by molar-refractivity contribution is -0.0356. The Bertz CT molecular complexity index is 384. The number of nitrogens with zero attached hydrogens (tertiary/aromatic N) is 1. The normalized spacial score (nSPS) is 50.7. The molecule has 5 heteroatoms. The molecule has 3 aliphatic rings. The van der Waals surface area contributed by atoms with Crippen LogP contribution in [0.2, 0.25) is 0 Å². The highest BCUT2D eigenvalue weighted by molar-refractivity contribution is 6.20. The Morgan fingerprint density at radius 3 is 2.58 bits per heavy atom. The molecule has 3 rings (SSSR count). The smallest absolute Gasteiger partial charge is 0.129 e. The molecule has 2 fully saturated rings. The van der Waals surface area contributed by atoms with E-state index in [4.69, 9.17) is 17.3 Å². The summed E-state index contributed by atoms with van der Waals surface area (Å²) in [6.45, 7) is 0. The molecular formula is C14H22ClFN2O. The van der Waals surface area contributed by atoms with E-state index < -0.39 is 11.8 Å². The molecule has 0 bridgehead atoms. The summed E-state index contributed by atoms with van der Waals surface area (Å²) in [6.07, 6.45) is 4.34. The minimum Gasteiger partial charge on any atom is -0.385 e. The number of aliphatic imine (C=N–C) groups is 1. The lowest BCUT2D eigenvalue weighted by atomic mass is 9.66. The van der Waals surface area contributed by atoms with Gasteiger partial charge in [-0.25, -0.2) is 4.39 Å². The van der Waals surface area contributed by atoms with Gasteiger partial charge in [0.25, 0.3) is 0 Å². The van der Waals surface area contributed by atoms with Gasteiger partial charge in [0.05, 0.1) is 6.04 Å². The number of hydrogen-bond donors (Lipinski definition) is 2. The van der Waals surface area contributed by atoms with E-state index in [0.29, 0.717) is 31.5 Å². The van der Waals surface area contributed by atoms with Gasteiger partial charge >= 0.3 is 0 Å². The van der Waals surface area contributed by atoms with Crippen LogP contribution in [0.5, 0.6) is 0 Å². The summed E-state index contributed by atoms with van der Waals surface area (Å²) in [4.78, 5) is 4.48. The predicted octanol–water partition coefficient (Wildman–Crippen LogP) is 2.39. The van der Waals surface area contributed by atoms with Crippen molar-refractivity contribution in [1.82, 2.24) is 0 Å². The molecule has 0 amide bonds. The molecule has 0 aromatic heterocycles. The molecule has 108 valence electrons. The topological polar surface area (TPSA) is 58.6 Å². The first-order valence-corrected chi connectivity index (χ1v) is 7.79. The van der Waals surface area contributed by atoms with Gasteiger partial charge < -0.3 is 10.8 Å². The molecular weight excluding hydrogens is 267 g/mol. The Labute approximate surface area is 118 Å². The molecule has 0 aromatic carbocycles. The molecule has 19 heavy (non-hydrogen) atoms. The Morgan fingerprint density at radius 1 is 1.21 bits per heavy atom. The van der Waals surface area contributed by atoms with Crippen molar-refractivity contribution in [3.05, 3.63) is 0 Å². The molecule has 1 heterocycles. The minimum absolute atomic E-state index is 0.0323. The molecule has 3 N–H and O–H groups in total. The average molecular weight is 289 g/mol. The minimum atomic E-state index is -1.04. The number of halogens is 2. The third-order valence-electron chi connectivity index (χ3n) is 5.31. The van der Waals surface area contributed by atoms with Crippen LogP contribution >= 0.6 is 11.6 Å². The summed E-state index contributed by atoms with van der Waals surface area (Å²) in [5.41, 5.74) is 5.00. The standard InChI is InChI=1S/C14H22ClFN2O/c15-9-3-6-12-11(7-9)14(19,13(17)18-12)8-1-4-10(16)5-2-8/h8-12,19H,1-7H2,(H2,17,18). The van der Waals surface area contributed by atoms with Crippen LogP contribution in [0.4, 0.5) is 4.39 Å². The summed E-state index contributed by atoms with van der Waals surface area (Å²) in [7, 11) is 0. The first kappa shape index (κ1) is 13.6. The van der Waals surface area contributed by atoms with Gasteiger partial charge in [-0.2, -0.15) is 0 Å². The summed E-state index contributed by atoms with van der Waals surface area (Å²) in [5, 5.41) is 11.3. The Balaban J connectivity index is 1.82. The van der Waals surface area contributed by atoms with Crippen molar-refractivity contribution in [2.24, 2.45) is 22.6 Å². The second kappa shape index (κ2) is 4.88. The van der Waals surface area contributed by atoms with Crippen LogP contribution in [-0.4, -0.2) is 34.1 Å². The molecule has 3 nitrogen and oxygen atoms in total. The van der Waals surface area contributed by atoms with E-state index in [1.165, 1.54) is 0 Å². The van der Waals surface area contributed by atoms with E-state index in [1.807, 2.05) is 0 Å². The average Bonchev–Trinajstić information content (AvgIpc) is 2.64. The number of amidine groups is 1. The number of aliphatic hydroxyl groups is 1. The quantitative estimate of drug-likeness (QED) is 0.728. The summed E-state index contributed by atoms with van der Waals surface area (Å²) < 4.78 is 13.3. The predicted molar refractivity (Wildman–Crippen MR) is 74.2 cm³/mol.